The lowest BCUT2D eigenvalue weighted by Gasteiger charge is -2.04. The molecule has 5 heteroatoms. The van der Waals surface area contributed by atoms with E-state index < -0.39 is 10.0 Å². The minimum atomic E-state index is -3.17. The van der Waals surface area contributed by atoms with E-state index in [1.807, 2.05) is 19.1 Å². The summed E-state index contributed by atoms with van der Waals surface area (Å²) in [7, 11) is -1.75. The predicted molar refractivity (Wildman–Crippen MR) is 60.6 cm³/mol. The molecule has 0 heterocycles. The molecule has 0 radical (unpaired) electrons. The van der Waals surface area contributed by atoms with Crippen molar-refractivity contribution in [2.24, 2.45) is 0 Å². The lowest BCUT2D eigenvalue weighted by Crippen LogP contribution is -2.20. The molecule has 14 heavy (non-hydrogen) atoms. The Hall–Kier alpha value is -0.390. The van der Waals surface area contributed by atoms with Gasteiger partial charge in [-0.25, -0.2) is 13.1 Å². The van der Waals surface area contributed by atoms with Crippen LogP contribution in [0.2, 0.25) is 0 Å². The fraction of sp³-hybridized carbons (Fsp3) is 0.333. The van der Waals surface area contributed by atoms with Gasteiger partial charge in [0.25, 0.3) is 0 Å². The lowest BCUT2D eigenvalue weighted by molar-refractivity contribution is 0.587. The van der Waals surface area contributed by atoms with Crippen LogP contribution in [0.1, 0.15) is 11.1 Å². The van der Waals surface area contributed by atoms with Crippen molar-refractivity contribution in [2.45, 2.75) is 12.7 Å². The van der Waals surface area contributed by atoms with Crippen molar-refractivity contribution in [2.75, 3.05) is 7.05 Å². The van der Waals surface area contributed by atoms with E-state index in [0.29, 0.717) is 0 Å². The Bertz CT molecular complexity index is 428. The van der Waals surface area contributed by atoms with Gasteiger partial charge in [-0.2, -0.15) is 0 Å². The average Bonchev–Trinajstić information content (AvgIpc) is 2.11. The smallest absolute Gasteiger partial charge is 0.215 e. The van der Waals surface area contributed by atoms with Crippen molar-refractivity contribution in [1.82, 2.24) is 4.72 Å². The highest BCUT2D eigenvalue weighted by Crippen LogP contribution is 2.18. The first kappa shape index (κ1) is 11.7. The number of rotatable bonds is 3. The Morgan fingerprint density at radius 1 is 1.43 bits per heavy atom. The van der Waals surface area contributed by atoms with Crippen molar-refractivity contribution in [3.63, 3.8) is 0 Å². The van der Waals surface area contributed by atoms with Gasteiger partial charge < -0.3 is 0 Å². The molecule has 0 aliphatic heterocycles. The molecule has 0 unspecified atom stereocenters. The van der Waals surface area contributed by atoms with Gasteiger partial charge >= 0.3 is 0 Å². The summed E-state index contributed by atoms with van der Waals surface area (Å²) in [5.74, 6) is 0.0254. The first-order valence-electron chi connectivity index (χ1n) is 4.11. The molecule has 78 valence electrons. The minimum absolute atomic E-state index is 0.0254. The molecule has 0 fully saturated rings. The second kappa shape index (κ2) is 4.42. The third-order valence-corrected chi connectivity index (χ3v) is 4.12. The van der Waals surface area contributed by atoms with Crippen LogP contribution in [0.5, 0.6) is 0 Å². The van der Waals surface area contributed by atoms with Crippen LogP contribution < -0.4 is 4.72 Å². The number of nitrogens with one attached hydrogen (secondary N) is 1. The van der Waals surface area contributed by atoms with Crippen LogP contribution in [0, 0.1) is 6.92 Å². The summed E-state index contributed by atoms with van der Waals surface area (Å²) in [5.41, 5.74) is 1.83. The SMILES string of the molecule is CNS(=O)(=O)Cc1ccc(Br)c(C)c1. The highest BCUT2D eigenvalue weighted by molar-refractivity contribution is 9.10. The van der Waals surface area contributed by atoms with Gasteiger partial charge in [0.15, 0.2) is 0 Å². The molecule has 1 aromatic carbocycles. The molecule has 1 aromatic rings. The standard InChI is InChI=1S/C9H12BrNO2S/c1-7-5-8(3-4-9(7)10)6-14(12,13)11-2/h3-5,11H,6H2,1-2H3. The summed E-state index contributed by atoms with van der Waals surface area (Å²) in [5, 5.41) is 0. The zero-order valence-electron chi connectivity index (χ0n) is 8.04. The fourth-order valence-electron chi connectivity index (χ4n) is 1.09. The highest BCUT2D eigenvalue weighted by atomic mass is 79.9. The van der Waals surface area contributed by atoms with E-state index in [9.17, 15) is 8.42 Å². The van der Waals surface area contributed by atoms with Crippen molar-refractivity contribution in [3.05, 3.63) is 33.8 Å². The summed E-state index contributed by atoms with van der Waals surface area (Å²) >= 11 is 3.36. The number of benzene rings is 1. The Morgan fingerprint density at radius 2 is 2.07 bits per heavy atom. The number of hydrogen-bond acceptors (Lipinski definition) is 2. The molecule has 1 N–H and O–H groups in total. The number of sulfonamides is 1. The normalized spacial score (nSPS) is 11.6. The van der Waals surface area contributed by atoms with E-state index in [0.717, 1.165) is 15.6 Å². The topological polar surface area (TPSA) is 46.2 Å². The second-order valence-electron chi connectivity index (χ2n) is 3.05. The molecule has 0 aliphatic carbocycles. The second-order valence-corrected chi connectivity index (χ2v) is 5.83. The first-order valence-corrected chi connectivity index (χ1v) is 6.55. The molecular formula is C9H12BrNO2S. The van der Waals surface area contributed by atoms with Crippen molar-refractivity contribution >= 4 is 26.0 Å². The van der Waals surface area contributed by atoms with Crippen LogP contribution in [0.3, 0.4) is 0 Å². The van der Waals surface area contributed by atoms with E-state index >= 15 is 0 Å². The third-order valence-electron chi connectivity index (χ3n) is 1.89. The van der Waals surface area contributed by atoms with Gasteiger partial charge in [0.1, 0.15) is 0 Å². The lowest BCUT2D eigenvalue weighted by atomic mass is 10.2. The Labute approximate surface area is 92.7 Å². The quantitative estimate of drug-likeness (QED) is 0.916. The maximum Gasteiger partial charge on any atom is 0.215 e. The molecule has 0 aliphatic rings. The van der Waals surface area contributed by atoms with Crippen LogP contribution in [0.4, 0.5) is 0 Å². The van der Waals surface area contributed by atoms with Crippen molar-refractivity contribution in [1.29, 1.82) is 0 Å². The number of aryl methyl sites for hydroxylation is 1. The van der Waals surface area contributed by atoms with Crippen LogP contribution >= 0.6 is 15.9 Å². The molecule has 0 amide bonds. The molecule has 0 bridgehead atoms. The molecule has 1 rings (SSSR count). The molecule has 0 saturated carbocycles. The van der Waals surface area contributed by atoms with E-state index in [2.05, 4.69) is 20.7 Å². The molecule has 0 spiro atoms. The van der Waals surface area contributed by atoms with Gasteiger partial charge in [0.2, 0.25) is 10.0 Å². The van der Waals surface area contributed by atoms with Crippen molar-refractivity contribution < 1.29 is 8.42 Å². The summed E-state index contributed by atoms with van der Waals surface area (Å²) in [6.45, 7) is 1.93. The molecule has 3 nitrogen and oxygen atoms in total. The fourth-order valence-corrected chi connectivity index (χ4v) is 2.10. The maximum atomic E-state index is 11.2. The Kier molecular flexibility index (Phi) is 3.69. The van der Waals surface area contributed by atoms with E-state index in [-0.39, 0.29) is 5.75 Å². The summed E-state index contributed by atoms with van der Waals surface area (Å²) in [4.78, 5) is 0. The predicted octanol–water partition coefficient (Wildman–Crippen LogP) is 1.81. The van der Waals surface area contributed by atoms with Gasteiger partial charge in [-0.3, -0.25) is 0 Å². The van der Waals surface area contributed by atoms with E-state index in [1.54, 1.807) is 6.07 Å². The van der Waals surface area contributed by atoms with Crippen LogP contribution in [-0.2, 0) is 15.8 Å². The number of halogens is 1. The Balaban J connectivity index is 2.94. The van der Waals surface area contributed by atoms with Crippen molar-refractivity contribution in [3.8, 4) is 0 Å². The third kappa shape index (κ3) is 3.08. The first-order chi connectivity index (χ1) is 6.44. The monoisotopic (exact) mass is 277 g/mol. The number of hydrogen-bond donors (Lipinski definition) is 1. The summed E-state index contributed by atoms with van der Waals surface area (Å²) in [6, 6.07) is 5.51. The van der Waals surface area contributed by atoms with E-state index in [4.69, 9.17) is 0 Å². The molecule has 0 saturated heterocycles. The van der Waals surface area contributed by atoms with Gasteiger partial charge in [-0.15, -0.1) is 0 Å². The zero-order valence-corrected chi connectivity index (χ0v) is 10.4. The Morgan fingerprint density at radius 3 is 2.57 bits per heavy atom. The van der Waals surface area contributed by atoms with Gasteiger partial charge in [-0.1, -0.05) is 28.1 Å². The van der Waals surface area contributed by atoms with Gasteiger partial charge in [0.05, 0.1) is 5.75 Å². The highest BCUT2D eigenvalue weighted by Gasteiger charge is 2.08. The molecule has 0 atom stereocenters. The van der Waals surface area contributed by atoms with Gasteiger partial charge in [0, 0.05) is 4.47 Å². The van der Waals surface area contributed by atoms with Crippen LogP contribution in [0.15, 0.2) is 22.7 Å². The maximum absolute atomic E-state index is 11.2. The molecular weight excluding hydrogens is 266 g/mol. The van der Waals surface area contributed by atoms with Crippen LogP contribution in [-0.4, -0.2) is 15.5 Å². The van der Waals surface area contributed by atoms with Crippen LogP contribution in [0.25, 0.3) is 0 Å². The van der Waals surface area contributed by atoms with Gasteiger partial charge in [-0.05, 0) is 31.2 Å². The minimum Gasteiger partial charge on any atom is -0.218 e. The zero-order chi connectivity index (χ0) is 10.8. The molecule has 0 aromatic heterocycles. The largest absolute Gasteiger partial charge is 0.218 e. The summed E-state index contributed by atoms with van der Waals surface area (Å²) in [6.07, 6.45) is 0. The van der Waals surface area contributed by atoms with E-state index in [1.165, 1.54) is 7.05 Å². The summed E-state index contributed by atoms with van der Waals surface area (Å²) < 4.78 is 25.8. The average molecular weight is 278 g/mol.